The van der Waals surface area contributed by atoms with E-state index in [0.717, 1.165) is 18.8 Å². The maximum Gasteiger partial charge on any atom is 0.159 e. The summed E-state index contributed by atoms with van der Waals surface area (Å²) in [4.78, 5) is 11.7. The predicted octanol–water partition coefficient (Wildman–Crippen LogP) is 2.86. The van der Waals surface area contributed by atoms with Gasteiger partial charge in [-0.25, -0.2) is 0 Å². The fraction of sp³-hybridized carbons (Fsp3) is 0.750. The molecule has 1 saturated carbocycles. The van der Waals surface area contributed by atoms with E-state index in [1.54, 1.807) is 5.57 Å². The topological polar surface area (TPSA) is 17.1 Å². The van der Waals surface area contributed by atoms with E-state index in [4.69, 9.17) is 0 Å². The number of rotatable bonds is 0. The fourth-order valence-corrected chi connectivity index (χ4v) is 3.58. The molecule has 0 aromatic rings. The van der Waals surface area contributed by atoms with Gasteiger partial charge in [-0.1, -0.05) is 12.0 Å². The Morgan fingerprint density at radius 2 is 1.77 bits per heavy atom. The third-order valence-electron chi connectivity index (χ3n) is 4.08. The maximum atomic E-state index is 11.7. The maximum absolute atomic E-state index is 11.7. The molecular formula is C12H16O. The molecule has 0 spiro atoms. The molecule has 70 valence electrons. The molecule has 3 aliphatic rings. The zero-order chi connectivity index (χ0) is 8.84. The van der Waals surface area contributed by atoms with Gasteiger partial charge < -0.3 is 0 Å². The van der Waals surface area contributed by atoms with E-state index in [1.165, 1.54) is 37.7 Å². The van der Waals surface area contributed by atoms with E-state index in [9.17, 15) is 4.79 Å². The standard InChI is InChI=1S/C12H16O/c13-11-7-9-5-1-3-8-4-2-6-10(11)12(8)9/h8-9H,1-7H2/t8-,9+/m0/s1. The number of allylic oxidation sites excluding steroid dienone is 2. The van der Waals surface area contributed by atoms with E-state index in [2.05, 4.69) is 0 Å². The smallest absolute Gasteiger partial charge is 0.159 e. The third kappa shape index (κ3) is 1.02. The Labute approximate surface area is 79.2 Å². The number of hydrogen-bond donors (Lipinski definition) is 0. The van der Waals surface area contributed by atoms with Crippen LogP contribution in [0.1, 0.15) is 44.9 Å². The number of ketones is 1. The van der Waals surface area contributed by atoms with Crippen molar-refractivity contribution in [2.75, 3.05) is 0 Å². The molecule has 1 fully saturated rings. The summed E-state index contributed by atoms with van der Waals surface area (Å²) in [6.45, 7) is 0. The lowest BCUT2D eigenvalue weighted by Crippen LogP contribution is -2.19. The Balaban J connectivity index is 2.05. The van der Waals surface area contributed by atoms with Gasteiger partial charge in [-0.15, -0.1) is 0 Å². The molecule has 0 bridgehead atoms. The second-order valence-electron chi connectivity index (χ2n) is 4.78. The molecular weight excluding hydrogens is 160 g/mol. The second kappa shape index (κ2) is 2.70. The molecule has 0 aromatic heterocycles. The van der Waals surface area contributed by atoms with Gasteiger partial charge in [0.2, 0.25) is 0 Å². The molecule has 0 aromatic carbocycles. The molecule has 3 aliphatic carbocycles. The first-order valence-electron chi connectivity index (χ1n) is 5.62. The fourth-order valence-electron chi connectivity index (χ4n) is 3.58. The molecule has 0 saturated heterocycles. The van der Waals surface area contributed by atoms with Crippen LogP contribution in [0.4, 0.5) is 0 Å². The molecule has 0 N–H and O–H groups in total. The SMILES string of the molecule is O=C1C[C@H]2CCC[C@H]3CCCC1=C32. The molecule has 0 unspecified atom stereocenters. The van der Waals surface area contributed by atoms with Crippen molar-refractivity contribution < 1.29 is 4.79 Å². The Kier molecular flexibility index (Phi) is 1.61. The Bertz CT molecular complexity index is 287. The minimum absolute atomic E-state index is 0.492. The van der Waals surface area contributed by atoms with Crippen LogP contribution in [0.25, 0.3) is 0 Å². The first kappa shape index (κ1) is 7.78. The average molecular weight is 176 g/mol. The molecule has 0 amide bonds. The minimum atomic E-state index is 0.492. The summed E-state index contributed by atoms with van der Waals surface area (Å²) in [7, 11) is 0. The monoisotopic (exact) mass is 176 g/mol. The molecule has 1 nitrogen and oxygen atoms in total. The van der Waals surface area contributed by atoms with Crippen LogP contribution in [0.2, 0.25) is 0 Å². The van der Waals surface area contributed by atoms with E-state index in [-0.39, 0.29) is 0 Å². The van der Waals surface area contributed by atoms with Gasteiger partial charge in [-0.05, 0) is 49.5 Å². The first-order chi connectivity index (χ1) is 6.36. The van der Waals surface area contributed by atoms with Crippen LogP contribution in [0.5, 0.6) is 0 Å². The molecule has 1 heteroatoms. The van der Waals surface area contributed by atoms with Crippen molar-refractivity contribution in [1.82, 2.24) is 0 Å². The van der Waals surface area contributed by atoms with Gasteiger partial charge in [-0.2, -0.15) is 0 Å². The Morgan fingerprint density at radius 1 is 1.00 bits per heavy atom. The predicted molar refractivity (Wildman–Crippen MR) is 51.3 cm³/mol. The van der Waals surface area contributed by atoms with Crippen LogP contribution in [-0.4, -0.2) is 5.78 Å². The number of hydrogen-bond acceptors (Lipinski definition) is 1. The Hall–Kier alpha value is -0.590. The van der Waals surface area contributed by atoms with E-state index in [0.29, 0.717) is 11.7 Å². The quantitative estimate of drug-likeness (QED) is 0.554. The molecule has 0 heterocycles. The summed E-state index contributed by atoms with van der Waals surface area (Å²) in [5.74, 6) is 1.99. The summed E-state index contributed by atoms with van der Waals surface area (Å²) < 4.78 is 0. The van der Waals surface area contributed by atoms with Crippen molar-refractivity contribution in [3.05, 3.63) is 11.1 Å². The lowest BCUT2D eigenvalue weighted by Gasteiger charge is -2.32. The normalized spacial score (nSPS) is 38.0. The summed E-state index contributed by atoms with van der Waals surface area (Å²) in [6.07, 6.45) is 8.61. The molecule has 3 rings (SSSR count). The molecule has 0 aliphatic heterocycles. The molecule has 0 radical (unpaired) electrons. The van der Waals surface area contributed by atoms with Crippen LogP contribution in [0.3, 0.4) is 0 Å². The van der Waals surface area contributed by atoms with Gasteiger partial charge in [0.05, 0.1) is 0 Å². The third-order valence-corrected chi connectivity index (χ3v) is 4.08. The number of carbonyl (C=O) groups is 1. The number of carbonyl (C=O) groups excluding carboxylic acids is 1. The minimum Gasteiger partial charge on any atom is -0.295 e. The van der Waals surface area contributed by atoms with Gasteiger partial charge >= 0.3 is 0 Å². The van der Waals surface area contributed by atoms with E-state index < -0.39 is 0 Å². The zero-order valence-corrected chi connectivity index (χ0v) is 8.01. The van der Waals surface area contributed by atoms with Crippen molar-refractivity contribution >= 4 is 5.78 Å². The van der Waals surface area contributed by atoms with Crippen molar-refractivity contribution in [3.63, 3.8) is 0 Å². The van der Waals surface area contributed by atoms with Crippen LogP contribution in [-0.2, 0) is 4.79 Å². The summed E-state index contributed by atoms with van der Waals surface area (Å²) in [6, 6.07) is 0. The highest BCUT2D eigenvalue weighted by Gasteiger charge is 2.39. The second-order valence-corrected chi connectivity index (χ2v) is 4.78. The highest BCUT2D eigenvalue weighted by Crippen LogP contribution is 2.48. The van der Waals surface area contributed by atoms with Gasteiger partial charge in [-0.3, -0.25) is 4.79 Å². The average Bonchev–Trinajstić information content (AvgIpc) is 2.47. The van der Waals surface area contributed by atoms with Crippen LogP contribution in [0.15, 0.2) is 11.1 Å². The highest BCUT2D eigenvalue weighted by molar-refractivity contribution is 5.99. The van der Waals surface area contributed by atoms with E-state index in [1.807, 2.05) is 0 Å². The summed E-state index contributed by atoms with van der Waals surface area (Å²) in [5, 5.41) is 0. The van der Waals surface area contributed by atoms with Crippen molar-refractivity contribution in [3.8, 4) is 0 Å². The zero-order valence-electron chi connectivity index (χ0n) is 8.01. The van der Waals surface area contributed by atoms with Gasteiger partial charge in [0.25, 0.3) is 0 Å². The van der Waals surface area contributed by atoms with Gasteiger partial charge in [0.15, 0.2) is 5.78 Å². The van der Waals surface area contributed by atoms with E-state index >= 15 is 0 Å². The van der Waals surface area contributed by atoms with Crippen LogP contribution in [0, 0.1) is 11.8 Å². The Morgan fingerprint density at radius 3 is 2.69 bits per heavy atom. The highest BCUT2D eigenvalue weighted by atomic mass is 16.1. The van der Waals surface area contributed by atoms with Crippen LogP contribution >= 0.6 is 0 Å². The lowest BCUT2D eigenvalue weighted by atomic mass is 9.72. The van der Waals surface area contributed by atoms with Crippen LogP contribution < -0.4 is 0 Å². The number of Topliss-reactive ketones (excluding diaryl/α,β-unsaturated/α-hetero) is 1. The molecule has 13 heavy (non-hydrogen) atoms. The summed E-state index contributed by atoms with van der Waals surface area (Å²) in [5.41, 5.74) is 2.88. The lowest BCUT2D eigenvalue weighted by molar-refractivity contribution is -0.115. The molecule has 2 atom stereocenters. The van der Waals surface area contributed by atoms with Gasteiger partial charge in [0, 0.05) is 6.42 Å². The largest absolute Gasteiger partial charge is 0.295 e. The van der Waals surface area contributed by atoms with Crippen molar-refractivity contribution in [2.24, 2.45) is 11.8 Å². The van der Waals surface area contributed by atoms with Crippen molar-refractivity contribution in [1.29, 1.82) is 0 Å². The summed E-state index contributed by atoms with van der Waals surface area (Å²) >= 11 is 0. The first-order valence-corrected chi connectivity index (χ1v) is 5.62. The van der Waals surface area contributed by atoms with Gasteiger partial charge in [0.1, 0.15) is 0 Å². The van der Waals surface area contributed by atoms with Crippen molar-refractivity contribution in [2.45, 2.75) is 44.9 Å².